The number of allylic oxidation sites excluding steroid dienone is 1. The van der Waals surface area contributed by atoms with Crippen molar-refractivity contribution < 1.29 is 4.79 Å². The van der Waals surface area contributed by atoms with Gasteiger partial charge in [0.2, 0.25) is 5.91 Å². The Morgan fingerprint density at radius 2 is 1.72 bits per heavy atom. The maximum Gasteiger partial charge on any atom is 0.224 e. The highest BCUT2D eigenvalue weighted by molar-refractivity contribution is 5.91. The van der Waals surface area contributed by atoms with Crippen molar-refractivity contribution in [2.45, 2.75) is 34.1 Å². The van der Waals surface area contributed by atoms with Gasteiger partial charge in [0.25, 0.3) is 0 Å². The summed E-state index contributed by atoms with van der Waals surface area (Å²) in [6.45, 7) is 12.4. The molecule has 0 heterocycles. The Hall–Kier alpha value is -1.57. The largest absolute Gasteiger partial charge is 0.326 e. The van der Waals surface area contributed by atoms with Crippen LogP contribution in [0.2, 0.25) is 0 Å². The Bertz CT molecular complexity index is 415. The van der Waals surface area contributed by atoms with Crippen LogP contribution in [0, 0.1) is 11.8 Å². The van der Waals surface area contributed by atoms with Crippen molar-refractivity contribution >= 4 is 17.2 Å². The molecule has 0 unspecified atom stereocenters. The van der Waals surface area contributed by atoms with Crippen LogP contribution >= 0.6 is 0 Å². The number of benzene rings is 1. The molecule has 2 heteroatoms. The fourth-order valence-electron chi connectivity index (χ4n) is 1.68. The summed E-state index contributed by atoms with van der Waals surface area (Å²) in [5.74, 6) is 0.886. The van der Waals surface area contributed by atoms with E-state index in [4.69, 9.17) is 0 Å². The van der Waals surface area contributed by atoms with Crippen LogP contribution in [0.3, 0.4) is 0 Å². The second-order valence-corrected chi connectivity index (χ2v) is 5.40. The molecule has 0 bridgehead atoms. The van der Waals surface area contributed by atoms with Crippen LogP contribution in [-0.4, -0.2) is 5.91 Å². The molecule has 0 saturated heterocycles. The Morgan fingerprint density at radius 1 is 1.17 bits per heavy atom. The summed E-state index contributed by atoms with van der Waals surface area (Å²) in [4.78, 5) is 11.6. The van der Waals surface area contributed by atoms with Gasteiger partial charge in [-0.25, -0.2) is 0 Å². The van der Waals surface area contributed by atoms with Crippen molar-refractivity contribution in [1.29, 1.82) is 0 Å². The van der Waals surface area contributed by atoms with Gasteiger partial charge in [-0.05, 0) is 35.1 Å². The summed E-state index contributed by atoms with van der Waals surface area (Å²) in [7, 11) is 0. The van der Waals surface area contributed by atoms with Crippen molar-refractivity contribution in [1.82, 2.24) is 0 Å². The van der Waals surface area contributed by atoms with E-state index in [1.165, 1.54) is 0 Å². The fourth-order valence-corrected chi connectivity index (χ4v) is 1.68. The number of anilines is 1. The van der Waals surface area contributed by atoms with Crippen LogP contribution in [0.1, 0.15) is 39.7 Å². The molecule has 0 aliphatic rings. The zero-order valence-corrected chi connectivity index (χ0v) is 11.8. The smallest absolute Gasteiger partial charge is 0.224 e. The molecule has 0 radical (unpaired) electrons. The molecule has 1 N–H and O–H groups in total. The average Bonchev–Trinajstić information content (AvgIpc) is 2.27. The Kier molecular flexibility index (Phi) is 5.14. The highest BCUT2D eigenvalue weighted by atomic mass is 16.1. The third-order valence-corrected chi connectivity index (χ3v) is 2.83. The Balaban J connectivity index is 2.66. The first-order valence-electron chi connectivity index (χ1n) is 6.49. The lowest BCUT2D eigenvalue weighted by Gasteiger charge is -2.11. The molecule has 98 valence electrons. The van der Waals surface area contributed by atoms with E-state index in [9.17, 15) is 4.79 Å². The normalized spacial score (nSPS) is 10.8. The predicted molar refractivity (Wildman–Crippen MR) is 78.4 cm³/mol. The molecule has 0 saturated carbocycles. The van der Waals surface area contributed by atoms with Crippen LogP contribution in [0.15, 0.2) is 30.8 Å². The molecule has 0 aliphatic heterocycles. The lowest BCUT2D eigenvalue weighted by Crippen LogP contribution is -2.13. The number of hydrogen-bond donors (Lipinski definition) is 1. The van der Waals surface area contributed by atoms with Crippen molar-refractivity contribution in [3.8, 4) is 0 Å². The third-order valence-electron chi connectivity index (χ3n) is 2.83. The van der Waals surface area contributed by atoms with Crippen molar-refractivity contribution in [2.24, 2.45) is 11.8 Å². The van der Waals surface area contributed by atoms with Gasteiger partial charge in [0.1, 0.15) is 0 Å². The number of amides is 1. The molecule has 1 aromatic carbocycles. The molecule has 0 fully saturated rings. The van der Waals surface area contributed by atoms with Crippen LogP contribution in [0.5, 0.6) is 0 Å². The number of carbonyl (C=O) groups excluding carboxylic acids is 1. The zero-order chi connectivity index (χ0) is 13.7. The van der Waals surface area contributed by atoms with Gasteiger partial charge < -0.3 is 5.32 Å². The molecule has 0 aliphatic carbocycles. The topological polar surface area (TPSA) is 29.1 Å². The van der Waals surface area contributed by atoms with Gasteiger partial charge in [-0.2, -0.15) is 0 Å². The minimum atomic E-state index is 0.0698. The van der Waals surface area contributed by atoms with E-state index in [-0.39, 0.29) is 5.91 Å². The van der Waals surface area contributed by atoms with Gasteiger partial charge in [-0.1, -0.05) is 46.4 Å². The number of rotatable bonds is 5. The first-order chi connectivity index (χ1) is 8.40. The summed E-state index contributed by atoms with van der Waals surface area (Å²) < 4.78 is 0. The highest BCUT2D eigenvalue weighted by Crippen LogP contribution is 2.22. The quantitative estimate of drug-likeness (QED) is 0.821. The first-order valence-corrected chi connectivity index (χ1v) is 6.49. The van der Waals surface area contributed by atoms with Gasteiger partial charge in [0, 0.05) is 12.1 Å². The molecule has 1 amide bonds. The minimum absolute atomic E-state index is 0.0698. The minimum Gasteiger partial charge on any atom is -0.326 e. The van der Waals surface area contributed by atoms with Crippen molar-refractivity contribution in [3.05, 3.63) is 36.4 Å². The van der Waals surface area contributed by atoms with Gasteiger partial charge in [-0.15, -0.1) is 0 Å². The third kappa shape index (κ3) is 4.36. The lowest BCUT2D eigenvalue weighted by atomic mass is 9.97. The second-order valence-electron chi connectivity index (χ2n) is 5.40. The predicted octanol–water partition coefficient (Wildman–Crippen LogP) is 4.34. The fraction of sp³-hybridized carbons (Fsp3) is 0.438. The lowest BCUT2D eigenvalue weighted by molar-refractivity contribution is -0.116. The molecule has 0 spiro atoms. The highest BCUT2D eigenvalue weighted by Gasteiger charge is 2.06. The summed E-state index contributed by atoms with van der Waals surface area (Å²) in [6, 6.07) is 7.88. The molecule has 1 rings (SSSR count). The zero-order valence-electron chi connectivity index (χ0n) is 11.8. The summed E-state index contributed by atoms with van der Waals surface area (Å²) in [6.07, 6.45) is 0.556. The number of carbonyl (C=O) groups is 1. The maximum absolute atomic E-state index is 11.6. The number of hydrogen-bond acceptors (Lipinski definition) is 1. The summed E-state index contributed by atoms with van der Waals surface area (Å²) in [5.41, 5.74) is 3.10. The molecule has 0 atom stereocenters. The van der Waals surface area contributed by atoms with E-state index in [2.05, 4.69) is 25.7 Å². The van der Waals surface area contributed by atoms with E-state index in [0.29, 0.717) is 18.3 Å². The van der Waals surface area contributed by atoms with E-state index < -0.39 is 0 Å². The standard InChI is InChI=1S/C16H23NO/c1-11(2)10-16(18)17-15-8-6-14(7-9-15)13(5)12(3)4/h6-9,11-12H,5,10H2,1-4H3,(H,17,18). The van der Waals surface area contributed by atoms with Crippen molar-refractivity contribution in [3.63, 3.8) is 0 Å². The maximum atomic E-state index is 11.6. The molecular weight excluding hydrogens is 222 g/mol. The van der Waals surface area contributed by atoms with Gasteiger partial charge >= 0.3 is 0 Å². The van der Waals surface area contributed by atoms with E-state index >= 15 is 0 Å². The van der Waals surface area contributed by atoms with Crippen molar-refractivity contribution in [2.75, 3.05) is 5.32 Å². The SMILES string of the molecule is C=C(c1ccc(NC(=O)CC(C)C)cc1)C(C)C. The van der Waals surface area contributed by atoms with E-state index in [1.807, 2.05) is 38.1 Å². The second kappa shape index (κ2) is 6.39. The first kappa shape index (κ1) is 14.5. The molecular formula is C16H23NO. The molecule has 18 heavy (non-hydrogen) atoms. The van der Waals surface area contributed by atoms with Gasteiger partial charge in [0.15, 0.2) is 0 Å². The van der Waals surface area contributed by atoms with E-state index in [0.717, 1.165) is 16.8 Å². The summed E-state index contributed by atoms with van der Waals surface area (Å²) in [5, 5.41) is 2.90. The number of nitrogens with one attached hydrogen (secondary N) is 1. The van der Waals surface area contributed by atoms with Crippen LogP contribution in [0.25, 0.3) is 5.57 Å². The average molecular weight is 245 g/mol. The van der Waals surface area contributed by atoms with Gasteiger partial charge in [-0.3, -0.25) is 4.79 Å². The van der Waals surface area contributed by atoms with Crippen LogP contribution in [0.4, 0.5) is 5.69 Å². The molecule has 0 aromatic heterocycles. The van der Waals surface area contributed by atoms with Gasteiger partial charge in [0.05, 0.1) is 0 Å². The monoisotopic (exact) mass is 245 g/mol. The van der Waals surface area contributed by atoms with Crippen LogP contribution in [-0.2, 0) is 4.79 Å². The Labute approximate surface area is 110 Å². The van der Waals surface area contributed by atoms with E-state index in [1.54, 1.807) is 0 Å². The molecule has 1 aromatic rings. The molecule has 2 nitrogen and oxygen atoms in total. The Morgan fingerprint density at radius 3 is 2.17 bits per heavy atom. The van der Waals surface area contributed by atoms with Crippen LogP contribution < -0.4 is 5.32 Å². The summed E-state index contributed by atoms with van der Waals surface area (Å²) >= 11 is 0.